The Balaban J connectivity index is 1.70. The molecule has 0 saturated carbocycles. The van der Waals surface area contributed by atoms with Gasteiger partial charge >= 0.3 is 6.18 Å². The lowest BCUT2D eigenvalue weighted by Gasteiger charge is -2.11. The number of rotatable bonds is 6. The molecule has 35 heavy (non-hydrogen) atoms. The van der Waals surface area contributed by atoms with Crippen LogP contribution < -0.4 is 15.8 Å². The molecule has 2 heterocycles. The van der Waals surface area contributed by atoms with Crippen LogP contribution in [0.15, 0.2) is 46.9 Å². The number of nitrogens with two attached hydrogens (primary N) is 1. The molecule has 0 aliphatic rings. The number of aromatic nitrogens is 2. The second-order valence-corrected chi connectivity index (χ2v) is 7.36. The van der Waals surface area contributed by atoms with Gasteiger partial charge in [-0.3, -0.25) is 4.79 Å². The zero-order chi connectivity index (χ0) is 25.3. The highest BCUT2D eigenvalue weighted by molar-refractivity contribution is 5.98. The van der Waals surface area contributed by atoms with E-state index in [-0.39, 0.29) is 58.2 Å². The Morgan fingerprint density at radius 2 is 1.80 bits per heavy atom. The molecule has 1 amide bonds. The second-order valence-electron chi connectivity index (χ2n) is 7.36. The number of nitrogens with one attached hydrogen (secondary N) is 1. The number of alkyl halides is 3. The minimum atomic E-state index is -4.67. The zero-order valence-corrected chi connectivity index (χ0v) is 18.0. The van der Waals surface area contributed by atoms with Gasteiger partial charge in [-0.05, 0) is 42.0 Å². The van der Waals surface area contributed by atoms with Crippen LogP contribution in [-0.2, 0) is 19.3 Å². The Hall–Kier alpha value is -4.06. The van der Waals surface area contributed by atoms with Crippen molar-refractivity contribution in [3.05, 3.63) is 76.8 Å². The molecule has 0 fully saturated rings. The molecule has 12 heteroatoms. The average molecular weight is 492 g/mol. The van der Waals surface area contributed by atoms with Crippen molar-refractivity contribution in [2.75, 3.05) is 7.11 Å². The molecule has 0 bridgehead atoms. The molecule has 0 unspecified atom stereocenters. The van der Waals surface area contributed by atoms with Gasteiger partial charge in [-0.2, -0.15) is 13.2 Å². The molecule has 182 valence electrons. The predicted molar refractivity (Wildman–Crippen MR) is 114 cm³/mol. The van der Waals surface area contributed by atoms with Gasteiger partial charge in [-0.1, -0.05) is 0 Å². The highest BCUT2D eigenvalue weighted by atomic mass is 19.4. The Morgan fingerprint density at radius 3 is 2.43 bits per heavy atom. The Morgan fingerprint density at radius 1 is 1.09 bits per heavy atom. The lowest BCUT2D eigenvalue weighted by molar-refractivity contribution is -0.140. The summed E-state index contributed by atoms with van der Waals surface area (Å²) in [6, 6.07) is 7.74. The quantitative estimate of drug-likeness (QED) is 0.382. The third-order valence-corrected chi connectivity index (χ3v) is 5.03. The molecule has 7 nitrogen and oxygen atoms in total. The first-order valence-electron chi connectivity index (χ1n) is 10.1. The van der Waals surface area contributed by atoms with Gasteiger partial charge in [0.05, 0.1) is 13.7 Å². The summed E-state index contributed by atoms with van der Waals surface area (Å²) < 4.78 is 77.1. The standard InChI is InChI=1S/C23H17F5N4O3/c1-34-16-4-2-15(14-3-5-18(23(26,27)28)31-19(14)16)22-32-20(17(9-29)35-22)21(33)30-10-11-6-12(24)8-13(25)7-11/h2-8H,9-10,29H2,1H3,(H,30,33). The van der Waals surface area contributed by atoms with Crippen LogP contribution in [0.5, 0.6) is 5.75 Å². The number of oxazole rings is 1. The molecule has 4 rings (SSSR count). The number of carbonyl (C=O) groups excluding carboxylic acids is 1. The van der Waals surface area contributed by atoms with E-state index in [1.165, 1.54) is 25.3 Å². The number of amides is 1. The number of nitrogens with zero attached hydrogens (tertiary/aromatic N) is 2. The average Bonchev–Trinajstić information content (AvgIpc) is 3.24. The smallest absolute Gasteiger partial charge is 0.433 e. The van der Waals surface area contributed by atoms with E-state index in [2.05, 4.69) is 15.3 Å². The number of pyridine rings is 1. The van der Waals surface area contributed by atoms with Gasteiger partial charge in [0.1, 0.15) is 28.6 Å². The van der Waals surface area contributed by atoms with E-state index in [9.17, 15) is 26.7 Å². The molecule has 4 aromatic rings. The highest BCUT2D eigenvalue weighted by Crippen LogP contribution is 2.36. The maximum atomic E-state index is 13.4. The molecule has 0 spiro atoms. The van der Waals surface area contributed by atoms with E-state index in [4.69, 9.17) is 14.9 Å². The molecular weight excluding hydrogens is 475 g/mol. The molecule has 0 atom stereocenters. The number of halogens is 5. The van der Waals surface area contributed by atoms with E-state index >= 15 is 0 Å². The fourth-order valence-electron chi connectivity index (χ4n) is 3.46. The van der Waals surface area contributed by atoms with Gasteiger partial charge in [0, 0.05) is 23.6 Å². The van der Waals surface area contributed by atoms with Crippen molar-refractivity contribution < 1.29 is 35.9 Å². The largest absolute Gasteiger partial charge is 0.494 e. The summed E-state index contributed by atoms with van der Waals surface area (Å²) in [4.78, 5) is 20.6. The summed E-state index contributed by atoms with van der Waals surface area (Å²) in [5.74, 6) is -2.29. The predicted octanol–water partition coefficient (Wildman–Crippen LogP) is 4.58. The van der Waals surface area contributed by atoms with Crippen molar-refractivity contribution in [1.82, 2.24) is 15.3 Å². The molecular formula is C23H17F5N4O3. The number of carbonyl (C=O) groups is 1. The van der Waals surface area contributed by atoms with E-state index in [1.807, 2.05) is 0 Å². The number of hydrogen-bond donors (Lipinski definition) is 2. The molecule has 2 aromatic heterocycles. The number of benzene rings is 2. The van der Waals surface area contributed by atoms with Gasteiger partial charge in [-0.25, -0.2) is 18.7 Å². The van der Waals surface area contributed by atoms with Crippen molar-refractivity contribution in [3.8, 4) is 17.2 Å². The fraction of sp³-hybridized carbons (Fsp3) is 0.174. The van der Waals surface area contributed by atoms with Gasteiger partial charge < -0.3 is 20.2 Å². The number of methoxy groups -OCH3 is 1. The Bertz CT molecular complexity index is 1400. The number of hydrogen-bond acceptors (Lipinski definition) is 6. The Labute approximate surface area is 194 Å². The SMILES string of the molecule is COc1ccc(-c2nc(C(=O)NCc3cc(F)cc(F)c3)c(CN)o2)c2ccc(C(F)(F)F)nc12. The Kier molecular flexibility index (Phi) is 6.39. The topological polar surface area (TPSA) is 103 Å². The van der Waals surface area contributed by atoms with E-state index in [0.29, 0.717) is 6.07 Å². The maximum Gasteiger partial charge on any atom is 0.433 e. The van der Waals surface area contributed by atoms with Crippen LogP contribution in [-0.4, -0.2) is 23.0 Å². The molecule has 0 saturated heterocycles. The van der Waals surface area contributed by atoms with Gasteiger partial charge in [0.25, 0.3) is 5.91 Å². The van der Waals surface area contributed by atoms with Crippen molar-refractivity contribution in [2.24, 2.45) is 5.73 Å². The third-order valence-electron chi connectivity index (χ3n) is 5.03. The van der Waals surface area contributed by atoms with Crippen LogP contribution in [0.1, 0.15) is 27.5 Å². The first-order valence-corrected chi connectivity index (χ1v) is 10.1. The lowest BCUT2D eigenvalue weighted by Crippen LogP contribution is -2.24. The minimum Gasteiger partial charge on any atom is -0.494 e. The van der Waals surface area contributed by atoms with E-state index < -0.39 is 29.4 Å². The minimum absolute atomic E-state index is 0.00626. The molecule has 0 aliphatic heterocycles. The summed E-state index contributed by atoms with van der Waals surface area (Å²) >= 11 is 0. The van der Waals surface area contributed by atoms with E-state index in [1.54, 1.807) is 0 Å². The van der Waals surface area contributed by atoms with Crippen LogP contribution in [0, 0.1) is 11.6 Å². The third kappa shape index (κ3) is 4.92. The van der Waals surface area contributed by atoms with Crippen LogP contribution >= 0.6 is 0 Å². The first-order chi connectivity index (χ1) is 16.6. The van der Waals surface area contributed by atoms with Crippen LogP contribution in [0.3, 0.4) is 0 Å². The zero-order valence-electron chi connectivity index (χ0n) is 18.0. The second kappa shape index (κ2) is 9.29. The van der Waals surface area contributed by atoms with E-state index in [0.717, 1.165) is 18.2 Å². The highest BCUT2D eigenvalue weighted by Gasteiger charge is 2.33. The molecule has 3 N–H and O–H groups in total. The van der Waals surface area contributed by atoms with Crippen molar-refractivity contribution in [3.63, 3.8) is 0 Å². The van der Waals surface area contributed by atoms with Crippen LogP contribution in [0.2, 0.25) is 0 Å². The first kappa shape index (κ1) is 24.1. The molecule has 2 aromatic carbocycles. The van der Waals surface area contributed by atoms with Crippen LogP contribution in [0.25, 0.3) is 22.4 Å². The summed E-state index contributed by atoms with van der Waals surface area (Å²) in [6.07, 6.45) is -4.67. The monoisotopic (exact) mass is 492 g/mol. The summed E-state index contributed by atoms with van der Waals surface area (Å²) in [5.41, 5.74) is 4.76. The van der Waals surface area contributed by atoms with Gasteiger partial charge in [-0.15, -0.1) is 0 Å². The lowest BCUT2D eigenvalue weighted by atomic mass is 10.1. The summed E-state index contributed by atoms with van der Waals surface area (Å²) in [6.45, 7) is -0.412. The normalized spacial score (nSPS) is 11.6. The van der Waals surface area contributed by atoms with Crippen molar-refractivity contribution in [1.29, 1.82) is 0 Å². The maximum absolute atomic E-state index is 13.4. The van der Waals surface area contributed by atoms with Gasteiger partial charge in [0.2, 0.25) is 5.89 Å². The van der Waals surface area contributed by atoms with Crippen LogP contribution in [0.4, 0.5) is 22.0 Å². The molecule has 0 radical (unpaired) electrons. The molecule has 0 aliphatic carbocycles. The van der Waals surface area contributed by atoms with Crippen molar-refractivity contribution in [2.45, 2.75) is 19.3 Å². The number of fused-ring (bicyclic) bond motifs is 1. The summed E-state index contributed by atoms with van der Waals surface area (Å²) in [5, 5.41) is 2.72. The number of ether oxygens (including phenoxy) is 1. The van der Waals surface area contributed by atoms with Crippen molar-refractivity contribution >= 4 is 16.8 Å². The van der Waals surface area contributed by atoms with Gasteiger partial charge in [0.15, 0.2) is 11.5 Å². The fourth-order valence-corrected chi connectivity index (χ4v) is 3.46. The summed E-state index contributed by atoms with van der Waals surface area (Å²) in [7, 11) is 1.29.